The fraction of sp³-hybridized carbons (Fsp3) is 0.200. The summed E-state index contributed by atoms with van der Waals surface area (Å²) in [5.74, 6) is -0.874. The summed E-state index contributed by atoms with van der Waals surface area (Å²) in [5, 5.41) is 7.43. The largest absolute Gasteiger partial charge is 0.345 e. The van der Waals surface area contributed by atoms with E-state index in [0.29, 0.717) is 16.3 Å². The molecule has 2 amide bonds. The van der Waals surface area contributed by atoms with Crippen molar-refractivity contribution in [3.8, 4) is 11.1 Å². The van der Waals surface area contributed by atoms with Gasteiger partial charge in [-0.15, -0.1) is 0 Å². The molecule has 0 radical (unpaired) electrons. The average molecular weight is 451 g/mol. The number of hydrogen-bond acceptors (Lipinski definition) is 2. The summed E-state index contributed by atoms with van der Waals surface area (Å²) in [7, 11) is 0. The van der Waals surface area contributed by atoms with Gasteiger partial charge in [0.05, 0.1) is 23.2 Å². The zero-order valence-corrected chi connectivity index (χ0v) is 18.3. The number of rotatable bonds is 3. The topological polar surface area (TPSA) is 58.2 Å². The Morgan fingerprint density at radius 2 is 1.68 bits per heavy atom. The van der Waals surface area contributed by atoms with E-state index in [1.807, 2.05) is 61.5 Å². The zero-order valence-electron chi connectivity index (χ0n) is 16.8. The van der Waals surface area contributed by atoms with Gasteiger partial charge >= 0.3 is 0 Å². The molecular weight excluding hydrogens is 431 g/mol. The minimum absolute atomic E-state index is 0.152. The van der Waals surface area contributed by atoms with Gasteiger partial charge in [-0.2, -0.15) is 0 Å². The highest BCUT2D eigenvalue weighted by molar-refractivity contribution is 6.33. The van der Waals surface area contributed by atoms with Crippen molar-refractivity contribution in [2.24, 2.45) is 5.92 Å². The summed E-state index contributed by atoms with van der Waals surface area (Å²) in [5.41, 5.74) is 5.95. The lowest BCUT2D eigenvalue weighted by Crippen LogP contribution is -2.37. The smallest absolute Gasteiger partial charge is 0.250 e. The highest BCUT2D eigenvalue weighted by Crippen LogP contribution is 2.40. The van der Waals surface area contributed by atoms with Crippen LogP contribution in [0.25, 0.3) is 16.8 Å². The van der Waals surface area contributed by atoms with Crippen LogP contribution in [0.15, 0.2) is 70.8 Å². The molecule has 0 aromatic heterocycles. The highest BCUT2D eigenvalue weighted by atomic mass is 35.5. The molecule has 1 fully saturated rings. The molecule has 2 aromatic rings. The number of allylic oxidation sites excluding steroid dienone is 3. The zero-order chi connectivity index (χ0) is 21.7. The molecule has 4 nitrogen and oxygen atoms in total. The van der Waals surface area contributed by atoms with Crippen molar-refractivity contribution in [3.05, 3.63) is 86.9 Å². The first-order valence-electron chi connectivity index (χ1n) is 10.2. The quantitative estimate of drug-likeness (QED) is 0.681. The third-order valence-electron chi connectivity index (χ3n) is 6.11. The number of carbonyl (C=O) groups excluding carboxylic acids is 2. The van der Waals surface area contributed by atoms with Crippen LogP contribution in [0.1, 0.15) is 24.0 Å². The van der Waals surface area contributed by atoms with Gasteiger partial charge in [-0.05, 0) is 54.2 Å². The van der Waals surface area contributed by atoms with Gasteiger partial charge in [-0.25, -0.2) is 0 Å². The fourth-order valence-corrected chi connectivity index (χ4v) is 5.02. The van der Waals surface area contributed by atoms with Crippen molar-refractivity contribution in [2.45, 2.75) is 25.8 Å². The molecule has 0 spiro atoms. The molecule has 2 unspecified atom stereocenters. The van der Waals surface area contributed by atoms with Gasteiger partial charge < -0.3 is 10.6 Å². The normalized spacial score (nSPS) is 22.7. The van der Waals surface area contributed by atoms with Crippen molar-refractivity contribution in [3.63, 3.8) is 0 Å². The second kappa shape index (κ2) is 7.70. The van der Waals surface area contributed by atoms with Crippen molar-refractivity contribution in [1.82, 2.24) is 10.6 Å². The number of aryl methyl sites for hydroxylation is 1. The number of amides is 2. The minimum atomic E-state index is -0.523. The van der Waals surface area contributed by atoms with E-state index in [1.165, 1.54) is 0 Å². The van der Waals surface area contributed by atoms with Crippen LogP contribution >= 0.6 is 23.2 Å². The molecule has 2 atom stereocenters. The molecule has 0 saturated carbocycles. The molecular formula is C25H20Cl2N2O2. The molecule has 6 heteroatoms. The number of nitrogens with one attached hydrogen (secondary N) is 2. The maximum absolute atomic E-state index is 12.8. The second-order valence-electron chi connectivity index (χ2n) is 8.12. The Morgan fingerprint density at radius 3 is 2.35 bits per heavy atom. The monoisotopic (exact) mass is 450 g/mol. The Kier molecular flexibility index (Phi) is 4.99. The Bertz CT molecular complexity index is 1210. The Balaban J connectivity index is 1.49. The van der Waals surface area contributed by atoms with Gasteiger partial charge in [0.25, 0.3) is 5.91 Å². The fourth-order valence-electron chi connectivity index (χ4n) is 4.52. The molecule has 2 heterocycles. The van der Waals surface area contributed by atoms with Crippen LogP contribution in [0.3, 0.4) is 0 Å². The van der Waals surface area contributed by atoms with Gasteiger partial charge in [0.2, 0.25) is 5.91 Å². The standard InChI is InChI=1S/C25H20Cl2N2O2/c1-13-2-11-18(19(27)12-13)14-3-5-15(6-4-14)22-20-21(25(31)28-22)23(29-24(20)30)16-7-9-17(26)10-8-16/h2-7,9,11-12,21,23H,8,10H2,1H3,(H,28,31)(H,29,30). The van der Waals surface area contributed by atoms with Crippen LogP contribution in [0.4, 0.5) is 0 Å². The Hall–Kier alpha value is -2.82. The summed E-state index contributed by atoms with van der Waals surface area (Å²) in [6, 6.07) is 13.4. The lowest BCUT2D eigenvalue weighted by atomic mass is 9.87. The molecule has 5 rings (SSSR count). The minimum Gasteiger partial charge on any atom is -0.345 e. The van der Waals surface area contributed by atoms with Crippen LogP contribution in [0, 0.1) is 12.8 Å². The van der Waals surface area contributed by atoms with E-state index in [-0.39, 0.29) is 17.9 Å². The van der Waals surface area contributed by atoms with Crippen LogP contribution in [0.5, 0.6) is 0 Å². The Morgan fingerprint density at radius 1 is 0.935 bits per heavy atom. The van der Waals surface area contributed by atoms with Crippen LogP contribution in [0.2, 0.25) is 5.02 Å². The first-order valence-corrected chi connectivity index (χ1v) is 11.0. The molecule has 3 aliphatic rings. The molecule has 1 aliphatic carbocycles. The SMILES string of the molecule is Cc1ccc(-c2ccc(C3=C4C(=O)NC(C5=CC=C(Cl)CC5)C4C(=O)N3)cc2)c(Cl)c1. The average Bonchev–Trinajstić information content (AvgIpc) is 3.27. The van der Waals surface area contributed by atoms with Crippen molar-refractivity contribution < 1.29 is 9.59 Å². The number of halogens is 2. The third kappa shape index (κ3) is 3.50. The Labute approximate surface area is 190 Å². The van der Waals surface area contributed by atoms with E-state index in [2.05, 4.69) is 10.6 Å². The molecule has 2 N–H and O–H groups in total. The van der Waals surface area contributed by atoms with Crippen LogP contribution in [-0.2, 0) is 9.59 Å². The first-order chi connectivity index (χ1) is 14.9. The van der Waals surface area contributed by atoms with E-state index in [4.69, 9.17) is 23.2 Å². The molecule has 1 saturated heterocycles. The molecule has 2 aliphatic heterocycles. The van der Waals surface area contributed by atoms with Gasteiger partial charge in [-0.3, -0.25) is 9.59 Å². The van der Waals surface area contributed by atoms with Gasteiger partial charge in [0, 0.05) is 15.6 Å². The number of carbonyl (C=O) groups is 2. The highest BCUT2D eigenvalue weighted by Gasteiger charge is 2.49. The lowest BCUT2D eigenvalue weighted by Gasteiger charge is -2.21. The van der Waals surface area contributed by atoms with E-state index >= 15 is 0 Å². The van der Waals surface area contributed by atoms with Crippen LogP contribution < -0.4 is 10.6 Å². The summed E-state index contributed by atoms with van der Waals surface area (Å²) in [6.45, 7) is 2.00. The van der Waals surface area contributed by atoms with Crippen LogP contribution in [-0.4, -0.2) is 17.9 Å². The van der Waals surface area contributed by atoms with Gasteiger partial charge in [0.1, 0.15) is 0 Å². The molecule has 156 valence electrons. The second-order valence-corrected chi connectivity index (χ2v) is 9.02. The number of hydrogen-bond donors (Lipinski definition) is 2. The van der Waals surface area contributed by atoms with E-state index in [9.17, 15) is 9.59 Å². The van der Waals surface area contributed by atoms with E-state index in [0.717, 1.165) is 45.7 Å². The summed E-state index contributed by atoms with van der Waals surface area (Å²) in [4.78, 5) is 25.7. The van der Waals surface area contributed by atoms with Gasteiger partial charge in [-0.1, -0.05) is 65.7 Å². The molecule has 2 aromatic carbocycles. The van der Waals surface area contributed by atoms with Gasteiger partial charge in [0.15, 0.2) is 0 Å². The van der Waals surface area contributed by atoms with Crippen molar-refractivity contribution >= 4 is 40.7 Å². The summed E-state index contributed by atoms with van der Waals surface area (Å²) < 4.78 is 0. The number of benzene rings is 2. The van der Waals surface area contributed by atoms with Crippen molar-refractivity contribution in [1.29, 1.82) is 0 Å². The van der Waals surface area contributed by atoms with E-state index < -0.39 is 5.92 Å². The molecule has 0 bridgehead atoms. The molecule has 31 heavy (non-hydrogen) atoms. The van der Waals surface area contributed by atoms with E-state index in [1.54, 1.807) is 0 Å². The lowest BCUT2D eigenvalue weighted by molar-refractivity contribution is -0.122. The maximum Gasteiger partial charge on any atom is 0.250 e. The summed E-state index contributed by atoms with van der Waals surface area (Å²) >= 11 is 12.5. The third-order valence-corrected chi connectivity index (χ3v) is 6.74. The maximum atomic E-state index is 12.8. The number of fused-ring (bicyclic) bond motifs is 1. The van der Waals surface area contributed by atoms with Crippen molar-refractivity contribution in [2.75, 3.05) is 0 Å². The predicted octanol–water partition coefficient (Wildman–Crippen LogP) is 5.11. The summed E-state index contributed by atoms with van der Waals surface area (Å²) in [6.07, 6.45) is 5.23. The predicted molar refractivity (Wildman–Crippen MR) is 123 cm³/mol. The first kappa shape index (κ1) is 20.1.